The molecule has 1 heterocycles. The summed E-state index contributed by atoms with van der Waals surface area (Å²) in [5.41, 5.74) is 0. The summed E-state index contributed by atoms with van der Waals surface area (Å²) in [5, 5.41) is 0. The van der Waals surface area contributed by atoms with Crippen molar-refractivity contribution in [1.82, 2.24) is 14.7 Å². The molecule has 1 amide bonds. The van der Waals surface area contributed by atoms with Gasteiger partial charge < -0.3 is 9.80 Å². The van der Waals surface area contributed by atoms with Gasteiger partial charge in [0.05, 0.1) is 0 Å². The average Bonchev–Trinajstić information content (AvgIpc) is 2.26. The van der Waals surface area contributed by atoms with Crippen molar-refractivity contribution >= 4 is 5.91 Å². The van der Waals surface area contributed by atoms with Gasteiger partial charge in [0.15, 0.2) is 0 Å². The van der Waals surface area contributed by atoms with Crippen LogP contribution in [0.25, 0.3) is 0 Å². The predicted octanol–water partition coefficient (Wildman–Crippen LogP) is 1.52. The first-order valence-electron chi connectivity index (χ1n) is 7.49. The molecule has 0 aromatic rings. The van der Waals surface area contributed by atoms with E-state index in [4.69, 9.17) is 0 Å². The highest BCUT2D eigenvalue weighted by Crippen LogP contribution is 2.17. The maximum atomic E-state index is 12.2. The number of likely N-dealkylation sites (N-methyl/N-ethyl adjacent to an activating group) is 1. The molecule has 2 unspecified atom stereocenters. The van der Waals surface area contributed by atoms with E-state index >= 15 is 0 Å². The van der Waals surface area contributed by atoms with Gasteiger partial charge >= 0.3 is 0 Å². The molecule has 2 atom stereocenters. The smallest absolute Gasteiger partial charge is 0.222 e. The van der Waals surface area contributed by atoms with E-state index in [1.807, 2.05) is 0 Å². The number of amides is 1. The molecule has 0 aliphatic carbocycles. The molecule has 0 bridgehead atoms. The molecule has 0 spiro atoms. The molecule has 1 saturated heterocycles. The minimum Gasteiger partial charge on any atom is -0.340 e. The van der Waals surface area contributed by atoms with Gasteiger partial charge in [-0.3, -0.25) is 9.69 Å². The third kappa shape index (κ3) is 5.11. The molecule has 4 nitrogen and oxygen atoms in total. The Morgan fingerprint density at radius 2 is 1.74 bits per heavy atom. The summed E-state index contributed by atoms with van der Waals surface area (Å²) < 4.78 is 0. The second kappa shape index (κ2) is 7.25. The maximum absolute atomic E-state index is 12.2. The standard InChI is InChI=1S/C15H31N3O/c1-12(2)9-15(19)17-10-13(3)18(14(4)11-17)8-7-16(5)6/h12-14H,7-11H2,1-6H3. The quantitative estimate of drug-likeness (QED) is 0.757. The van der Waals surface area contributed by atoms with E-state index in [1.54, 1.807) is 0 Å². The molecule has 19 heavy (non-hydrogen) atoms. The number of nitrogens with zero attached hydrogens (tertiary/aromatic N) is 3. The van der Waals surface area contributed by atoms with Crippen molar-refractivity contribution in [3.8, 4) is 0 Å². The fourth-order valence-electron chi connectivity index (χ4n) is 2.79. The van der Waals surface area contributed by atoms with Gasteiger partial charge in [0.1, 0.15) is 0 Å². The van der Waals surface area contributed by atoms with Gasteiger partial charge in [0, 0.05) is 44.7 Å². The predicted molar refractivity (Wildman–Crippen MR) is 80.2 cm³/mol. The van der Waals surface area contributed by atoms with Crippen LogP contribution in [0.15, 0.2) is 0 Å². The minimum atomic E-state index is 0.320. The van der Waals surface area contributed by atoms with Crippen molar-refractivity contribution in [2.24, 2.45) is 5.92 Å². The molecule has 1 fully saturated rings. The van der Waals surface area contributed by atoms with Crippen LogP contribution in [0.5, 0.6) is 0 Å². The molecule has 1 aliphatic heterocycles. The highest BCUT2D eigenvalue weighted by Gasteiger charge is 2.31. The van der Waals surface area contributed by atoms with E-state index in [2.05, 4.69) is 56.5 Å². The fourth-order valence-corrected chi connectivity index (χ4v) is 2.79. The van der Waals surface area contributed by atoms with Crippen LogP contribution < -0.4 is 0 Å². The minimum absolute atomic E-state index is 0.320. The first kappa shape index (κ1) is 16.4. The zero-order valence-corrected chi connectivity index (χ0v) is 13.5. The Labute approximate surface area is 118 Å². The van der Waals surface area contributed by atoms with Gasteiger partial charge in [0.2, 0.25) is 5.91 Å². The van der Waals surface area contributed by atoms with Crippen LogP contribution in [0.1, 0.15) is 34.1 Å². The lowest BCUT2D eigenvalue weighted by Gasteiger charge is -2.45. The first-order chi connectivity index (χ1) is 8.81. The lowest BCUT2D eigenvalue weighted by atomic mass is 10.1. The highest BCUT2D eigenvalue weighted by molar-refractivity contribution is 5.76. The second-order valence-electron chi connectivity index (χ2n) is 6.64. The summed E-state index contributed by atoms with van der Waals surface area (Å²) in [6.45, 7) is 12.6. The summed E-state index contributed by atoms with van der Waals surface area (Å²) in [7, 11) is 4.22. The summed E-state index contributed by atoms with van der Waals surface area (Å²) in [4.78, 5) is 19.0. The van der Waals surface area contributed by atoms with Crippen molar-refractivity contribution < 1.29 is 4.79 Å². The topological polar surface area (TPSA) is 26.8 Å². The Kier molecular flexibility index (Phi) is 6.27. The zero-order chi connectivity index (χ0) is 14.6. The Bertz CT molecular complexity index is 279. The van der Waals surface area contributed by atoms with Crippen LogP contribution in [0.2, 0.25) is 0 Å². The number of rotatable bonds is 5. The van der Waals surface area contributed by atoms with Gasteiger partial charge in [-0.1, -0.05) is 13.8 Å². The molecule has 0 radical (unpaired) electrons. The van der Waals surface area contributed by atoms with Crippen LogP contribution in [-0.2, 0) is 4.79 Å². The Morgan fingerprint density at radius 3 is 2.16 bits per heavy atom. The van der Waals surface area contributed by atoms with Gasteiger partial charge in [-0.15, -0.1) is 0 Å². The van der Waals surface area contributed by atoms with Gasteiger partial charge in [-0.2, -0.15) is 0 Å². The number of carbonyl (C=O) groups excluding carboxylic acids is 1. The zero-order valence-electron chi connectivity index (χ0n) is 13.5. The monoisotopic (exact) mass is 269 g/mol. The number of piperazine rings is 1. The van der Waals surface area contributed by atoms with E-state index in [-0.39, 0.29) is 0 Å². The Morgan fingerprint density at radius 1 is 1.21 bits per heavy atom. The Balaban J connectivity index is 2.53. The fraction of sp³-hybridized carbons (Fsp3) is 0.933. The lowest BCUT2D eigenvalue weighted by Crippen LogP contribution is -2.59. The molecule has 0 N–H and O–H groups in total. The van der Waals surface area contributed by atoms with Gasteiger partial charge in [0.25, 0.3) is 0 Å². The van der Waals surface area contributed by atoms with Crippen LogP contribution in [0.4, 0.5) is 0 Å². The summed E-state index contributed by atoms with van der Waals surface area (Å²) in [6, 6.07) is 0.916. The summed E-state index contributed by atoms with van der Waals surface area (Å²) >= 11 is 0. The van der Waals surface area contributed by atoms with Gasteiger partial charge in [-0.25, -0.2) is 0 Å². The average molecular weight is 269 g/mol. The van der Waals surface area contributed by atoms with Crippen LogP contribution in [0.3, 0.4) is 0 Å². The first-order valence-corrected chi connectivity index (χ1v) is 7.49. The molecule has 0 aromatic carbocycles. The number of carbonyl (C=O) groups is 1. The van der Waals surface area contributed by atoms with Crippen LogP contribution >= 0.6 is 0 Å². The van der Waals surface area contributed by atoms with E-state index in [0.29, 0.717) is 30.3 Å². The summed E-state index contributed by atoms with van der Waals surface area (Å²) in [6.07, 6.45) is 0.678. The normalized spacial score (nSPS) is 25.4. The molecule has 4 heteroatoms. The Hall–Kier alpha value is -0.610. The second-order valence-corrected chi connectivity index (χ2v) is 6.64. The molecular formula is C15H31N3O. The number of hydrogen-bond donors (Lipinski definition) is 0. The molecule has 1 aliphatic rings. The SMILES string of the molecule is CC(C)CC(=O)N1CC(C)N(CCN(C)C)C(C)C1. The lowest BCUT2D eigenvalue weighted by molar-refractivity contribution is -0.136. The van der Waals surface area contributed by atoms with Crippen molar-refractivity contribution in [3.05, 3.63) is 0 Å². The third-order valence-electron chi connectivity index (χ3n) is 3.84. The molecule has 112 valence electrons. The van der Waals surface area contributed by atoms with Crippen molar-refractivity contribution in [2.45, 2.75) is 46.2 Å². The molecule has 1 rings (SSSR count). The van der Waals surface area contributed by atoms with Crippen LogP contribution in [-0.4, -0.2) is 73.0 Å². The molecule has 0 saturated carbocycles. The largest absolute Gasteiger partial charge is 0.340 e. The highest BCUT2D eigenvalue weighted by atomic mass is 16.2. The third-order valence-corrected chi connectivity index (χ3v) is 3.84. The van der Waals surface area contributed by atoms with E-state index in [0.717, 1.165) is 26.2 Å². The van der Waals surface area contributed by atoms with Crippen LogP contribution in [0, 0.1) is 5.92 Å². The van der Waals surface area contributed by atoms with E-state index in [1.165, 1.54) is 0 Å². The van der Waals surface area contributed by atoms with E-state index in [9.17, 15) is 4.79 Å². The maximum Gasteiger partial charge on any atom is 0.222 e. The summed E-state index contributed by atoms with van der Waals surface area (Å²) in [5.74, 6) is 0.769. The van der Waals surface area contributed by atoms with Gasteiger partial charge in [-0.05, 0) is 33.9 Å². The molecule has 0 aromatic heterocycles. The van der Waals surface area contributed by atoms with Crippen molar-refractivity contribution in [3.63, 3.8) is 0 Å². The molecular weight excluding hydrogens is 238 g/mol. The van der Waals surface area contributed by atoms with Crippen molar-refractivity contribution in [1.29, 1.82) is 0 Å². The van der Waals surface area contributed by atoms with Crippen molar-refractivity contribution in [2.75, 3.05) is 40.3 Å². The van der Waals surface area contributed by atoms with E-state index < -0.39 is 0 Å². The number of hydrogen-bond acceptors (Lipinski definition) is 3.